The maximum atomic E-state index is 12.1. The molecule has 0 rings (SSSR count). The van der Waals surface area contributed by atoms with Crippen molar-refractivity contribution in [3.05, 3.63) is 35.7 Å². The van der Waals surface area contributed by atoms with Gasteiger partial charge in [0.25, 0.3) is 0 Å². The first-order valence-corrected chi connectivity index (χ1v) is 4.30. The molecule has 0 amide bonds. The Morgan fingerprint density at radius 1 is 1.08 bits per heavy atom. The first-order valence-electron chi connectivity index (χ1n) is 4.30. The summed E-state index contributed by atoms with van der Waals surface area (Å²) >= 11 is 0. The Morgan fingerprint density at radius 3 is 1.92 bits per heavy atom. The second kappa shape index (κ2) is 10.2. The first kappa shape index (κ1) is 13.7. The maximum Gasteiger partial charge on any atom is 0.0968 e. The third kappa shape index (κ3) is 11.9. The summed E-state index contributed by atoms with van der Waals surface area (Å²) in [6.07, 6.45) is 7.05. The van der Waals surface area contributed by atoms with Crippen molar-refractivity contribution in [3.8, 4) is 0 Å². The molecule has 0 atom stereocenters. The van der Waals surface area contributed by atoms with Crippen LogP contribution < -0.4 is 0 Å². The molecule has 0 aromatic heterocycles. The SMILES string of the molecule is C/C=C/C(C)=C\C=C(/C)F.CC. The predicted octanol–water partition coefficient (Wildman–Crippen LogP) is 4.41. The van der Waals surface area contributed by atoms with Crippen molar-refractivity contribution in [2.75, 3.05) is 0 Å². The summed E-state index contributed by atoms with van der Waals surface area (Å²) in [6, 6.07) is 0. The lowest BCUT2D eigenvalue weighted by molar-refractivity contribution is 0.640. The summed E-state index contributed by atoms with van der Waals surface area (Å²) in [5.74, 6) is -0.163. The van der Waals surface area contributed by atoms with E-state index in [-0.39, 0.29) is 5.83 Å². The fourth-order valence-electron chi connectivity index (χ4n) is 0.565. The van der Waals surface area contributed by atoms with E-state index in [2.05, 4.69) is 0 Å². The standard InChI is InChI=1S/C9H13F.C2H6/c1-4-5-8(2)6-7-9(3)10;1-2/h4-7H,1-3H3;1-2H3/b5-4+,8-6-,9-7+;. The Kier molecular flexibility index (Phi) is 11.6. The van der Waals surface area contributed by atoms with Gasteiger partial charge in [-0.05, 0) is 26.8 Å². The first-order chi connectivity index (χ1) is 5.66. The second-order valence-corrected chi connectivity index (χ2v) is 2.16. The van der Waals surface area contributed by atoms with Gasteiger partial charge in [0.2, 0.25) is 0 Å². The molecule has 0 saturated carbocycles. The van der Waals surface area contributed by atoms with Gasteiger partial charge in [0.1, 0.15) is 0 Å². The molecule has 0 aliphatic carbocycles. The van der Waals surface area contributed by atoms with Crippen LogP contribution in [-0.2, 0) is 0 Å². The Hall–Kier alpha value is -0.850. The van der Waals surface area contributed by atoms with Crippen LogP contribution in [0.3, 0.4) is 0 Å². The van der Waals surface area contributed by atoms with Gasteiger partial charge in [0, 0.05) is 0 Å². The molecule has 12 heavy (non-hydrogen) atoms. The molecule has 0 radical (unpaired) electrons. The normalized spacial score (nSPS) is 12.8. The van der Waals surface area contributed by atoms with E-state index in [1.807, 2.05) is 39.8 Å². The van der Waals surface area contributed by atoms with Gasteiger partial charge in [-0.2, -0.15) is 0 Å². The topological polar surface area (TPSA) is 0 Å². The molecule has 0 aromatic rings. The van der Waals surface area contributed by atoms with Crippen LogP contribution in [0.2, 0.25) is 0 Å². The molecular formula is C11H19F. The predicted molar refractivity (Wildman–Crippen MR) is 54.8 cm³/mol. The minimum Gasteiger partial charge on any atom is -0.212 e. The van der Waals surface area contributed by atoms with Crippen LogP contribution in [-0.4, -0.2) is 0 Å². The molecule has 1 heteroatoms. The van der Waals surface area contributed by atoms with E-state index < -0.39 is 0 Å². The molecule has 0 saturated heterocycles. The zero-order chi connectivity index (χ0) is 9.98. The van der Waals surface area contributed by atoms with Gasteiger partial charge in [0.15, 0.2) is 0 Å². The Balaban J connectivity index is 0. The lowest BCUT2D eigenvalue weighted by Gasteiger charge is -1.85. The van der Waals surface area contributed by atoms with Gasteiger partial charge in [-0.25, -0.2) is 4.39 Å². The second-order valence-electron chi connectivity index (χ2n) is 2.16. The van der Waals surface area contributed by atoms with Crippen molar-refractivity contribution in [2.24, 2.45) is 0 Å². The smallest absolute Gasteiger partial charge is 0.0968 e. The highest BCUT2D eigenvalue weighted by Gasteiger charge is 1.78. The number of rotatable bonds is 2. The van der Waals surface area contributed by atoms with Crippen molar-refractivity contribution >= 4 is 0 Å². The molecule has 0 fully saturated rings. The van der Waals surface area contributed by atoms with Crippen molar-refractivity contribution in [3.63, 3.8) is 0 Å². The third-order valence-electron chi connectivity index (χ3n) is 1.01. The number of allylic oxidation sites excluding steroid dienone is 6. The largest absolute Gasteiger partial charge is 0.212 e. The monoisotopic (exact) mass is 170 g/mol. The lowest BCUT2D eigenvalue weighted by Crippen LogP contribution is -1.65. The van der Waals surface area contributed by atoms with Crippen molar-refractivity contribution in [1.29, 1.82) is 0 Å². The average molecular weight is 170 g/mol. The van der Waals surface area contributed by atoms with Crippen molar-refractivity contribution in [2.45, 2.75) is 34.6 Å². The zero-order valence-corrected chi connectivity index (χ0v) is 8.69. The lowest BCUT2D eigenvalue weighted by atomic mass is 10.2. The Labute approximate surface area is 75.5 Å². The maximum absolute atomic E-state index is 12.1. The highest BCUT2D eigenvalue weighted by molar-refractivity contribution is 5.21. The van der Waals surface area contributed by atoms with Gasteiger partial charge in [-0.1, -0.05) is 37.6 Å². The van der Waals surface area contributed by atoms with E-state index in [9.17, 15) is 4.39 Å². The summed E-state index contributed by atoms with van der Waals surface area (Å²) in [5, 5.41) is 0. The summed E-state index contributed by atoms with van der Waals surface area (Å²) in [6.45, 7) is 9.29. The molecule has 0 aromatic carbocycles. The van der Waals surface area contributed by atoms with Crippen LogP contribution in [0.15, 0.2) is 35.7 Å². The molecule has 0 unspecified atom stereocenters. The molecule has 0 N–H and O–H groups in total. The van der Waals surface area contributed by atoms with Crippen LogP contribution in [0.4, 0.5) is 4.39 Å². The van der Waals surface area contributed by atoms with Gasteiger partial charge in [-0.15, -0.1) is 0 Å². The van der Waals surface area contributed by atoms with E-state index in [4.69, 9.17) is 0 Å². The van der Waals surface area contributed by atoms with Crippen LogP contribution in [0.5, 0.6) is 0 Å². The van der Waals surface area contributed by atoms with E-state index in [0.717, 1.165) is 5.57 Å². The fourth-order valence-corrected chi connectivity index (χ4v) is 0.565. The molecule has 70 valence electrons. The minimum atomic E-state index is -0.163. The van der Waals surface area contributed by atoms with Gasteiger partial charge in [-0.3, -0.25) is 0 Å². The molecule has 0 bridgehead atoms. The van der Waals surface area contributed by atoms with Crippen LogP contribution in [0.25, 0.3) is 0 Å². The van der Waals surface area contributed by atoms with E-state index in [1.54, 1.807) is 6.08 Å². The zero-order valence-electron chi connectivity index (χ0n) is 8.69. The van der Waals surface area contributed by atoms with Crippen molar-refractivity contribution < 1.29 is 4.39 Å². The number of hydrogen-bond donors (Lipinski definition) is 0. The molecular weight excluding hydrogens is 151 g/mol. The van der Waals surface area contributed by atoms with Gasteiger partial charge >= 0.3 is 0 Å². The van der Waals surface area contributed by atoms with E-state index in [0.29, 0.717) is 0 Å². The summed E-state index contributed by atoms with van der Waals surface area (Å²) in [4.78, 5) is 0. The third-order valence-corrected chi connectivity index (χ3v) is 1.01. The fraction of sp³-hybridized carbons (Fsp3) is 0.455. The minimum absolute atomic E-state index is 0.163. The van der Waals surface area contributed by atoms with Crippen LogP contribution >= 0.6 is 0 Å². The average Bonchev–Trinajstić information content (AvgIpc) is 2.05. The van der Waals surface area contributed by atoms with E-state index >= 15 is 0 Å². The molecule has 0 nitrogen and oxygen atoms in total. The highest BCUT2D eigenvalue weighted by atomic mass is 19.1. The van der Waals surface area contributed by atoms with Crippen molar-refractivity contribution in [1.82, 2.24) is 0 Å². The molecule has 0 spiro atoms. The summed E-state index contributed by atoms with van der Waals surface area (Å²) < 4.78 is 12.1. The quantitative estimate of drug-likeness (QED) is 0.538. The Morgan fingerprint density at radius 2 is 1.58 bits per heavy atom. The van der Waals surface area contributed by atoms with Crippen LogP contribution in [0, 0.1) is 0 Å². The van der Waals surface area contributed by atoms with Gasteiger partial charge < -0.3 is 0 Å². The Bertz CT molecular complexity index is 169. The molecule has 0 heterocycles. The highest BCUT2D eigenvalue weighted by Crippen LogP contribution is 1.98. The van der Waals surface area contributed by atoms with E-state index in [1.165, 1.54) is 13.0 Å². The van der Waals surface area contributed by atoms with Gasteiger partial charge in [0.05, 0.1) is 5.83 Å². The summed E-state index contributed by atoms with van der Waals surface area (Å²) in [5.41, 5.74) is 1.06. The number of halogens is 1. The molecule has 0 aliphatic heterocycles. The molecule has 0 aliphatic rings. The number of hydrogen-bond acceptors (Lipinski definition) is 0. The summed E-state index contributed by atoms with van der Waals surface area (Å²) in [7, 11) is 0. The van der Waals surface area contributed by atoms with Crippen LogP contribution in [0.1, 0.15) is 34.6 Å².